The first-order valence-corrected chi connectivity index (χ1v) is 9.78. The van der Waals surface area contributed by atoms with Crippen LogP contribution < -0.4 is 4.74 Å². The van der Waals surface area contributed by atoms with Gasteiger partial charge in [0.2, 0.25) is 0 Å². The van der Waals surface area contributed by atoms with Gasteiger partial charge in [0.05, 0.1) is 18.1 Å². The number of pyridine rings is 1. The van der Waals surface area contributed by atoms with E-state index < -0.39 is 5.60 Å². The second-order valence-corrected chi connectivity index (χ2v) is 8.14. The first-order chi connectivity index (χ1) is 13.9. The number of hydrogen-bond acceptors (Lipinski definition) is 6. The van der Waals surface area contributed by atoms with Crippen LogP contribution >= 0.6 is 0 Å². The minimum atomic E-state index is -0.477. The predicted octanol–water partition coefficient (Wildman–Crippen LogP) is 3.57. The van der Waals surface area contributed by atoms with Crippen LogP contribution in [0.3, 0.4) is 0 Å². The van der Waals surface area contributed by atoms with Crippen LogP contribution in [0.5, 0.6) is 5.75 Å². The predicted molar refractivity (Wildman–Crippen MR) is 108 cm³/mol. The molecule has 1 fully saturated rings. The monoisotopic (exact) mass is 395 g/mol. The van der Waals surface area contributed by atoms with Crippen molar-refractivity contribution in [3.8, 4) is 17.0 Å². The summed E-state index contributed by atoms with van der Waals surface area (Å²) < 4.78 is 13.2. The molecule has 0 spiro atoms. The van der Waals surface area contributed by atoms with Crippen LogP contribution in [0.1, 0.15) is 33.6 Å². The van der Waals surface area contributed by atoms with E-state index in [1.165, 1.54) is 0 Å². The molecule has 152 valence electrons. The molecule has 0 aromatic carbocycles. The Labute approximate surface area is 169 Å². The van der Waals surface area contributed by atoms with Gasteiger partial charge in [0.15, 0.2) is 5.65 Å². The van der Waals surface area contributed by atoms with Crippen molar-refractivity contribution in [1.29, 1.82) is 0 Å². The molecular formula is C21H25N5O3. The number of rotatable bonds is 3. The van der Waals surface area contributed by atoms with Crippen molar-refractivity contribution in [2.24, 2.45) is 0 Å². The Hall–Kier alpha value is -3.16. The standard InChI is InChI=1S/C21H25N5O3/c1-21(2,3)29-20(27)25-10-7-16(8-11-25)28-17-4-5-18(22-13-17)15-12-23-19-6-9-24-26(19)14-15/h4-6,9,12-14,16H,7-8,10-11H2,1-3H3. The molecule has 3 aromatic rings. The van der Waals surface area contributed by atoms with E-state index in [1.807, 2.05) is 45.2 Å². The number of fused-ring (bicyclic) bond motifs is 1. The number of hydrogen-bond donors (Lipinski definition) is 0. The highest BCUT2D eigenvalue weighted by molar-refractivity contribution is 5.68. The number of ether oxygens (including phenoxy) is 2. The lowest BCUT2D eigenvalue weighted by Crippen LogP contribution is -2.44. The third-order valence-electron chi connectivity index (χ3n) is 4.68. The Bertz CT molecular complexity index is 985. The number of amides is 1. The summed E-state index contributed by atoms with van der Waals surface area (Å²) in [6, 6.07) is 5.68. The molecule has 0 radical (unpaired) electrons. The number of nitrogens with zero attached hydrogens (tertiary/aromatic N) is 5. The van der Waals surface area contributed by atoms with Gasteiger partial charge in [-0.1, -0.05) is 0 Å². The van der Waals surface area contributed by atoms with E-state index in [2.05, 4.69) is 15.1 Å². The summed E-state index contributed by atoms with van der Waals surface area (Å²) in [5, 5.41) is 4.20. The molecule has 4 heterocycles. The Kier molecular flexibility index (Phi) is 5.08. The Morgan fingerprint density at radius 1 is 1.10 bits per heavy atom. The van der Waals surface area contributed by atoms with Gasteiger partial charge < -0.3 is 14.4 Å². The van der Waals surface area contributed by atoms with E-state index in [9.17, 15) is 4.79 Å². The molecule has 0 aliphatic carbocycles. The van der Waals surface area contributed by atoms with Crippen molar-refractivity contribution in [1.82, 2.24) is 24.5 Å². The van der Waals surface area contributed by atoms with Gasteiger partial charge in [-0.05, 0) is 32.9 Å². The lowest BCUT2D eigenvalue weighted by Gasteiger charge is -2.33. The van der Waals surface area contributed by atoms with Gasteiger partial charge in [-0.15, -0.1) is 0 Å². The molecule has 1 aliphatic heterocycles. The molecule has 0 saturated carbocycles. The van der Waals surface area contributed by atoms with Gasteiger partial charge in [-0.25, -0.2) is 14.3 Å². The van der Waals surface area contributed by atoms with Gasteiger partial charge in [0.1, 0.15) is 17.5 Å². The first kappa shape index (κ1) is 19.2. The molecule has 8 heteroatoms. The lowest BCUT2D eigenvalue weighted by atomic mass is 10.1. The fraction of sp³-hybridized carbons (Fsp3) is 0.429. The molecule has 1 aliphatic rings. The quantitative estimate of drug-likeness (QED) is 0.674. The summed E-state index contributed by atoms with van der Waals surface area (Å²) in [4.78, 5) is 22.8. The van der Waals surface area contributed by atoms with Gasteiger partial charge in [0.25, 0.3) is 0 Å². The molecule has 8 nitrogen and oxygen atoms in total. The second-order valence-electron chi connectivity index (χ2n) is 8.14. The summed E-state index contributed by atoms with van der Waals surface area (Å²) in [6.45, 7) is 6.88. The van der Waals surface area contributed by atoms with E-state index >= 15 is 0 Å². The molecule has 0 bridgehead atoms. The molecule has 1 saturated heterocycles. The van der Waals surface area contributed by atoms with Crippen LogP contribution in [-0.4, -0.2) is 55.4 Å². The van der Waals surface area contributed by atoms with Crippen LogP contribution in [0.15, 0.2) is 43.0 Å². The third kappa shape index (κ3) is 4.64. The highest BCUT2D eigenvalue weighted by Gasteiger charge is 2.27. The Morgan fingerprint density at radius 3 is 2.59 bits per heavy atom. The smallest absolute Gasteiger partial charge is 0.410 e. The van der Waals surface area contributed by atoms with Crippen LogP contribution in [0.2, 0.25) is 0 Å². The van der Waals surface area contributed by atoms with Crippen LogP contribution in [0.25, 0.3) is 16.9 Å². The largest absolute Gasteiger partial charge is 0.489 e. The van der Waals surface area contributed by atoms with Crippen LogP contribution in [0.4, 0.5) is 4.79 Å². The number of carbonyl (C=O) groups excluding carboxylic acids is 1. The minimum absolute atomic E-state index is 0.0587. The fourth-order valence-electron chi connectivity index (χ4n) is 3.24. The van der Waals surface area contributed by atoms with Crippen LogP contribution in [-0.2, 0) is 4.74 Å². The summed E-state index contributed by atoms with van der Waals surface area (Å²) in [5.74, 6) is 0.720. The maximum absolute atomic E-state index is 12.2. The molecular weight excluding hydrogens is 370 g/mol. The lowest BCUT2D eigenvalue weighted by molar-refractivity contribution is 0.0126. The van der Waals surface area contributed by atoms with Crippen molar-refractivity contribution in [3.63, 3.8) is 0 Å². The van der Waals surface area contributed by atoms with Crippen molar-refractivity contribution in [2.45, 2.75) is 45.3 Å². The topological polar surface area (TPSA) is 81.8 Å². The van der Waals surface area contributed by atoms with E-state index in [0.717, 1.165) is 35.5 Å². The summed E-state index contributed by atoms with van der Waals surface area (Å²) in [6.07, 6.45) is 8.45. The van der Waals surface area contributed by atoms with Crippen molar-refractivity contribution < 1.29 is 14.3 Å². The zero-order chi connectivity index (χ0) is 20.4. The number of aromatic nitrogens is 4. The average Bonchev–Trinajstić information content (AvgIpc) is 3.15. The Morgan fingerprint density at radius 2 is 1.90 bits per heavy atom. The van der Waals surface area contributed by atoms with Gasteiger partial charge in [-0.3, -0.25) is 4.98 Å². The SMILES string of the molecule is CC(C)(C)OC(=O)N1CCC(Oc2ccc(-c3cnc4ccnn4c3)nc2)CC1. The minimum Gasteiger partial charge on any atom is -0.489 e. The molecule has 0 atom stereocenters. The summed E-state index contributed by atoms with van der Waals surface area (Å²) in [7, 11) is 0. The average molecular weight is 395 g/mol. The number of likely N-dealkylation sites (tertiary alicyclic amines) is 1. The maximum atomic E-state index is 12.2. The molecule has 29 heavy (non-hydrogen) atoms. The van der Waals surface area contributed by atoms with E-state index in [1.54, 1.807) is 28.0 Å². The summed E-state index contributed by atoms with van der Waals surface area (Å²) in [5.41, 5.74) is 2.02. The highest BCUT2D eigenvalue weighted by atomic mass is 16.6. The zero-order valence-electron chi connectivity index (χ0n) is 16.9. The first-order valence-electron chi connectivity index (χ1n) is 9.78. The second kappa shape index (κ2) is 7.69. The molecule has 4 rings (SSSR count). The highest BCUT2D eigenvalue weighted by Crippen LogP contribution is 2.23. The van der Waals surface area contributed by atoms with E-state index in [0.29, 0.717) is 13.1 Å². The maximum Gasteiger partial charge on any atom is 0.410 e. The fourth-order valence-corrected chi connectivity index (χ4v) is 3.24. The van der Waals surface area contributed by atoms with E-state index in [-0.39, 0.29) is 12.2 Å². The molecule has 3 aromatic heterocycles. The molecule has 0 N–H and O–H groups in total. The van der Waals surface area contributed by atoms with Gasteiger partial charge in [0, 0.05) is 50.0 Å². The third-order valence-corrected chi connectivity index (χ3v) is 4.68. The van der Waals surface area contributed by atoms with Crippen molar-refractivity contribution >= 4 is 11.7 Å². The molecule has 0 unspecified atom stereocenters. The van der Waals surface area contributed by atoms with Gasteiger partial charge in [-0.2, -0.15) is 5.10 Å². The molecule has 1 amide bonds. The Balaban J connectivity index is 1.33. The number of piperidine rings is 1. The van der Waals surface area contributed by atoms with Crippen LogP contribution in [0, 0.1) is 0 Å². The normalized spacial score (nSPS) is 15.5. The van der Waals surface area contributed by atoms with Gasteiger partial charge >= 0.3 is 6.09 Å². The summed E-state index contributed by atoms with van der Waals surface area (Å²) >= 11 is 0. The zero-order valence-corrected chi connectivity index (χ0v) is 16.9. The van der Waals surface area contributed by atoms with E-state index in [4.69, 9.17) is 9.47 Å². The number of carbonyl (C=O) groups is 1. The van der Waals surface area contributed by atoms with Crippen molar-refractivity contribution in [3.05, 3.63) is 43.0 Å². The van der Waals surface area contributed by atoms with Crippen molar-refractivity contribution in [2.75, 3.05) is 13.1 Å².